The quantitative estimate of drug-likeness (QED) is 0.755. The van der Waals surface area contributed by atoms with E-state index in [1.54, 1.807) is 19.2 Å². The number of ether oxygens (including phenoxy) is 1. The number of nitrogens with zero attached hydrogens (tertiary/aromatic N) is 2. The normalized spacial score (nSPS) is 16.1. The molecule has 2 amide bonds. The second-order valence-corrected chi connectivity index (χ2v) is 6.50. The molecule has 0 aliphatic carbocycles. The molecule has 0 bridgehead atoms. The van der Waals surface area contributed by atoms with E-state index in [2.05, 4.69) is 10.3 Å². The third-order valence-corrected chi connectivity index (χ3v) is 4.54. The highest BCUT2D eigenvalue weighted by atomic mass is 16.5. The van der Waals surface area contributed by atoms with Crippen LogP contribution in [0.15, 0.2) is 65.2 Å². The first-order chi connectivity index (χ1) is 13.6. The van der Waals surface area contributed by atoms with Gasteiger partial charge in [0.1, 0.15) is 24.2 Å². The number of benzene rings is 2. The number of carbonyl (C=O) groups is 2. The SMILES string of the molecule is CN1C(=O)[C@@H](NC(=O)c2ncc(Cc3ccccc3)o2)COc2ccccc21. The van der Waals surface area contributed by atoms with Gasteiger partial charge in [-0.05, 0) is 17.7 Å². The average molecular weight is 377 g/mol. The standard InChI is InChI=1S/C21H19N3O4/c1-24-17-9-5-6-10-18(17)27-13-16(21(24)26)23-19(25)20-22-12-15(28-20)11-14-7-3-2-4-8-14/h2-10,12,16H,11,13H2,1H3,(H,23,25)/t16-/m0/s1. The fraction of sp³-hybridized carbons (Fsp3) is 0.190. The monoisotopic (exact) mass is 377 g/mol. The lowest BCUT2D eigenvalue weighted by Gasteiger charge is -2.19. The van der Waals surface area contributed by atoms with E-state index < -0.39 is 11.9 Å². The van der Waals surface area contributed by atoms with E-state index in [0.717, 1.165) is 5.56 Å². The topological polar surface area (TPSA) is 84.7 Å². The van der Waals surface area contributed by atoms with Gasteiger partial charge in [0.25, 0.3) is 11.8 Å². The average Bonchev–Trinajstić information content (AvgIpc) is 3.15. The predicted octanol–water partition coefficient (Wildman–Crippen LogP) is 2.42. The number of anilines is 1. The van der Waals surface area contributed by atoms with Crippen molar-refractivity contribution in [3.63, 3.8) is 0 Å². The van der Waals surface area contributed by atoms with Crippen LogP contribution in [0.4, 0.5) is 5.69 Å². The van der Waals surface area contributed by atoms with Gasteiger partial charge in [-0.1, -0.05) is 42.5 Å². The van der Waals surface area contributed by atoms with Crippen molar-refractivity contribution in [1.29, 1.82) is 0 Å². The zero-order valence-corrected chi connectivity index (χ0v) is 15.3. The van der Waals surface area contributed by atoms with E-state index in [-0.39, 0.29) is 18.4 Å². The number of fused-ring (bicyclic) bond motifs is 1. The van der Waals surface area contributed by atoms with Crippen molar-refractivity contribution in [3.8, 4) is 5.75 Å². The first-order valence-corrected chi connectivity index (χ1v) is 8.90. The summed E-state index contributed by atoms with van der Waals surface area (Å²) >= 11 is 0. The first kappa shape index (κ1) is 17.8. The number of carbonyl (C=O) groups excluding carboxylic acids is 2. The Hall–Kier alpha value is -3.61. The Morgan fingerprint density at radius 1 is 1.18 bits per heavy atom. The number of nitrogens with one attached hydrogen (secondary N) is 1. The molecule has 0 radical (unpaired) electrons. The number of oxazole rings is 1. The van der Waals surface area contributed by atoms with Crippen molar-refractivity contribution in [2.24, 2.45) is 0 Å². The van der Waals surface area contributed by atoms with Gasteiger partial charge in [-0.2, -0.15) is 0 Å². The van der Waals surface area contributed by atoms with Crippen molar-refractivity contribution >= 4 is 17.5 Å². The Balaban J connectivity index is 1.45. The van der Waals surface area contributed by atoms with Crippen LogP contribution in [-0.2, 0) is 11.2 Å². The Morgan fingerprint density at radius 3 is 2.75 bits per heavy atom. The summed E-state index contributed by atoms with van der Waals surface area (Å²) < 4.78 is 11.3. The molecule has 0 spiro atoms. The molecule has 1 aliphatic rings. The summed E-state index contributed by atoms with van der Waals surface area (Å²) in [7, 11) is 1.65. The van der Waals surface area contributed by atoms with Crippen molar-refractivity contribution in [2.75, 3.05) is 18.6 Å². The summed E-state index contributed by atoms with van der Waals surface area (Å²) in [5.41, 5.74) is 1.71. The smallest absolute Gasteiger partial charge is 0.307 e. The molecule has 2 heterocycles. The number of hydrogen-bond acceptors (Lipinski definition) is 5. The van der Waals surface area contributed by atoms with Gasteiger partial charge in [0, 0.05) is 13.5 Å². The van der Waals surface area contributed by atoms with Crippen LogP contribution in [0.5, 0.6) is 5.75 Å². The Bertz CT molecular complexity index is 1000. The number of rotatable bonds is 4. The molecule has 1 N–H and O–H groups in total. The third kappa shape index (κ3) is 3.59. The van der Waals surface area contributed by atoms with E-state index in [1.165, 1.54) is 11.1 Å². The minimum absolute atomic E-state index is 0.0313. The molecule has 3 aromatic rings. The molecule has 0 saturated carbocycles. The Kier molecular flexibility index (Phi) is 4.80. The number of hydrogen-bond donors (Lipinski definition) is 1. The van der Waals surface area contributed by atoms with Gasteiger partial charge in [-0.25, -0.2) is 4.98 Å². The summed E-state index contributed by atoms with van der Waals surface area (Å²) in [5.74, 6) is 0.263. The maximum atomic E-state index is 12.7. The maximum absolute atomic E-state index is 12.7. The van der Waals surface area contributed by atoms with Crippen LogP contribution in [0.25, 0.3) is 0 Å². The van der Waals surface area contributed by atoms with E-state index >= 15 is 0 Å². The predicted molar refractivity (Wildman–Crippen MR) is 102 cm³/mol. The van der Waals surface area contributed by atoms with Gasteiger partial charge in [0.2, 0.25) is 0 Å². The number of aromatic nitrogens is 1. The van der Waals surface area contributed by atoms with Gasteiger partial charge in [-0.3, -0.25) is 9.59 Å². The van der Waals surface area contributed by atoms with Crippen LogP contribution in [0, 0.1) is 0 Å². The molecule has 0 saturated heterocycles. The molecule has 0 fully saturated rings. The molecule has 142 valence electrons. The summed E-state index contributed by atoms with van der Waals surface area (Å²) in [5, 5.41) is 2.66. The van der Waals surface area contributed by atoms with Crippen LogP contribution < -0.4 is 15.0 Å². The van der Waals surface area contributed by atoms with E-state index in [9.17, 15) is 9.59 Å². The van der Waals surface area contributed by atoms with Gasteiger partial charge in [0.15, 0.2) is 0 Å². The van der Waals surface area contributed by atoms with Crippen molar-refractivity contribution < 1.29 is 18.7 Å². The molecule has 1 aliphatic heterocycles. The van der Waals surface area contributed by atoms with Crippen molar-refractivity contribution in [1.82, 2.24) is 10.3 Å². The lowest BCUT2D eigenvalue weighted by atomic mass is 10.1. The summed E-state index contributed by atoms with van der Waals surface area (Å²) in [6.07, 6.45) is 2.06. The highest BCUT2D eigenvalue weighted by Gasteiger charge is 2.31. The molecule has 28 heavy (non-hydrogen) atoms. The van der Waals surface area contributed by atoms with Gasteiger partial charge < -0.3 is 19.4 Å². The molecule has 1 atom stereocenters. The highest BCUT2D eigenvalue weighted by molar-refractivity contribution is 6.02. The number of para-hydroxylation sites is 2. The molecule has 7 nitrogen and oxygen atoms in total. The number of amides is 2. The molecule has 1 aromatic heterocycles. The first-order valence-electron chi connectivity index (χ1n) is 8.90. The Morgan fingerprint density at radius 2 is 1.93 bits per heavy atom. The molecule has 2 aromatic carbocycles. The zero-order valence-electron chi connectivity index (χ0n) is 15.3. The molecular weight excluding hydrogens is 358 g/mol. The zero-order chi connectivity index (χ0) is 19.5. The molecule has 4 rings (SSSR count). The lowest BCUT2D eigenvalue weighted by molar-refractivity contribution is -0.120. The largest absolute Gasteiger partial charge is 0.489 e. The molecular formula is C21H19N3O4. The van der Waals surface area contributed by atoms with E-state index in [1.807, 2.05) is 42.5 Å². The number of likely N-dealkylation sites (N-methyl/N-ethyl adjacent to an activating group) is 1. The molecule has 0 unspecified atom stereocenters. The van der Waals surface area contributed by atoms with Crippen LogP contribution in [0.1, 0.15) is 22.0 Å². The summed E-state index contributed by atoms with van der Waals surface area (Å²) in [6, 6.07) is 16.1. The minimum atomic E-state index is -0.839. The van der Waals surface area contributed by atoms with Gasteiger partial charge >= 0.3 is 5.91 Å². The maximum Gasteiger partial charge on any atom is 0.307 e. The van der Waals surface area contributed by atoms with Crippen molar-refractivity contribution in [2.45, 2.75) is 12.5 Å². The molecule has 7 heteroatoms. The van der Waals surface area contributed by atoms with Crippen LogP contribution >= 0.6 is 0 Å². The minimum Gasteiger partial charge on any atom is -0.489 e. The summed E-state index contributed by atoms with van der Waals surface area (Å²) in [4.78, 5) is 30.7. The van der Waals surface area contributed by atoms with Crippen LogP contribution in [0.2, 0.25) is 0 Å². The second kappa shape index (κ2) is 7.56. The second-order valence-electron chi connectivity index (χ2n) is 6.50. The lowest BCUT2D eigenvalue weighted by Crippen LogP contribution is -2.49. The van der Waals surface area contributed by atoms with E-state index in [0.29, 0.717) is 23.6 Å². The Labute approximate surface area is 161 Å². The fourth-order valence-electron chi connectivity index (χ4n) is 3.07. The van der Waals surface area contributed by atoms with E-state index in [4.69, 9.17) is 9.15 Å². The third-order valence-electron chi connectivity index (χ3n) is 4.54. The van der Waals surface area contributed by atoms with Crippen molar-refractivity contribution in [3.05, 3.63) is 78.0 Å². The van der Waals surface area contributed by atoms with Gasteiger partial charge in [0.05, 0.1) is 11.9 Å². The van der Waals surface area contributed by atoms with Crippen LogP contribution in [-0.4, -0.2) is 36.5 Å². The van der Waals surface area contributed by atoms with Crippen LogP contribution in [0.3, 0.4) is 0 Å². The van der Waals surface area contributed by atoms with Gasteiger partial charge in [-0.15, -0.1) is 0 Å². The fourth-order valence-corrected chi connectivity index (χ4v) is 3.07. The highest BCUT2D eigenvalue weighted by Crippen LogP contribution is 2.29. The summed E-state index contributed by atoms with van der Waals surface area (Å²) in [6.45, 7) is 0.0313.